The van der Waals surface area contributed by atoms with E-state index in [2.05, 4.69) is 5.10 Å². The van der Waals surface area contributed by atoms with Gasteiger partial charge >= 0.3 is 0 Å². The summed E-state index contributed by atoms with van der Waals surface area (Å²) >= 11 is 0. The van der Waals surface area contributed by atoms with Gasteiger partial charge in [-0.15, -0.1) is 0 Å². The van der Waals surface area contributed by atoms with Crippen molar-refractivity contribution >= 4 is 31.3 Å². The molecule has 0 N–H and O–H groups in total. The highest BCUT2D eigenvalue weighted by molar-refractivity contribution is 7.91. The summed E-state index contributed by atoms with van der Waals surface area (Å²) in [6.07, 6.45) is 1.10. The number of rotatable bonds is 5. The van der Waals surface area contributed by atoms with Crippen molar-refractivity contribution in [1.82, 2.24) is 9.78 Å². The third-order valence-electron chi connectivity index (χ3n) is 5.91. The molecule has 0 fully saturated rings. The highest BCUT2D eigenvalue weighted by atomic mass is 32.2. The van der Waals surface area contributed by atoms with E-state index in [-0.39, 0.29) is 27.9 Å². The van der Waals surface area contributed by atoms with E-state index in [4.69, 9.17) is 4.74 Å². The quantitative estimate of drug-likeness (QED) is 0.507. The van der Waals surface area contributed by atoms with Crippen molar-refractivity contribution in [2.75, 3.05) is 17.4 Å². The minimum Gasteiger partial charge on any atom is -0.476 e. The number of benzene rings is 2. The predicted molar refractivity (Wildman–Crippen MR) is 127 cm³/mol. The zero-order chi connectivity index (χ0) is 25.9. The van der Waals surface area contributed by atoms with Crippen molar-refractivity contribution in [1.29, 1.82) is 0 Å². The van der Waals surface area contributed by atoms with Crippen LogP contribution in [-0.2, 0) is 38.1 Å². The first-order valence-electron chi connectivity index (χ1n) is 10.5. The normalized spacial score (nSPS) is 16.2. The van der Waals surface area contributed by atoms with Crippen molar-refractivity contribution in [2.45, 2.75) is 36.4 Å². The smallest absolute Gasteiger partial charge is 0.268 e. The molecule has 1 aromatic heterocycles. The lowest BCUT2D eigenvalue weighted by Crippen LogP contribution is -2.44. The summed E-state index contributed by atoms with van der Waals surface area (Å²) in [5, 5.41) is 3.93. The summed E-state index contributed by atoms with van der Waals surface area (Å²) in [6.45, 7) is 2.99. The van der Waals surface area contributed by atoms with E-state index in [1.54, 1.807) is 26.1 Å². The second kappa shape index (κ2) is 8.45. The highest BCUT2D eigenvalue weighted by Crippen LogP contribution is 2.41. The Morgan fingerprint density at radius 3 is 2.37 bits per heavy atom. The molecule has 0 aliphatic carbocycles. The second-order valence-electron chi connectivity index (χ2n) is 8.56. The fraction of sp³-hybridized carbons (Fsp3) is 0.304. The fourth-order valence-corrected chi connectivity index (χ4v) is 5.55. The largest absolute Gasteiger partial charge is 0.476 e. The lowest BCUT2D eigenvalue weighted by Gasteiger charge is -2.33. The van der Waals surface area contributed by atoms with Gasteiger partial charge in [0.15, 0.2) is 42.4 Å². The van der Waals surface area contributed by atoms with Gasteiger partial charge in [0.1, 0.15) is 0 Å². The topological polar surface area (TPSA) is 116 Å². The van der Waals surface area contributed by atoms with Gasteiger partial charge in [-0.3, -0.25) is 9.48 Å². The molecule has 0 spiro atoms. The molecule has 9 nitrogen and oxygen atoms in total. The fourth-order valence-electron chi connectivity index (χ4n) is 3.96. The van der Waals surface area contributed by atoms with Gasteiger partial charge in [-0.05, 0) is 49.2 Å². The standard InChI is InChI=1S/C23H24FN3O6S2/c1-13-18(22(25-26(13)3)35(5,31)32)12-27-20-11-16(10-19(24)21(20)33-14(2)23(27)28)15-7-6-8-17(9-15)34(4,29)30/h6-11,14H,12H2,1-5H3/t14-/m1/s1. The Kier molecular flexibility index (Phi) is 6.00. The Morgan fingerprint density at radius 2 is 1.74 bits per heavy atom. The Balaban J connectivity index is 1.89. The summed E-state index contributed by atoms with van der Waals surface area (Å²) in [5.41, 5.74) is 1.71. The Bertz CT molecular complexity index is 1580. The third kappa shape index (κ3) is 4.55. The number of aryl methyl sites for hydroxylation is 1. The minimum atomic E-state index is -3.70. The predicted octanol–water partition coefficient (Wildman–Crippen LogP) is 2.66. The number of fused-ring (bicyclic) bond motifs is 1. The van der Waals surface area contributed by atoms with Gasteiger partial charge < -0.3 is 9.64 Å². The molecule has 35 heavy (non-hydrogen) atoms. The molecular formula is C23H24FN3O6S2. The number of hydrogen-bond donors (Lipinski definition) is 0. The van der Waals surface area contributed by atoms with Crippen LogP contribution in [0.2, 0.25) is 0 Å². The second-order valence-corrected chi connectivity index (χ2v) is 12.5. The van der Waals surface area contributed by atoms with Crippen LogP contribution in [0.1, 0.15) is 18.2 Å². The molecule has 0 bridgehead atoms. The van der Waals surface area contributed by atoms with Crippen LogP contribution in [0.15, 0.2) is 46.3 Å². The number of hydrogen-bond acceptors (Lipinski definition) is 7. The Labute approximate surface area is 203 Å². The minimum absolute atomic E-state index is 0.0645. The van der Waals surface area contributed by atoms with E-state index in [1.807, 2.05) is 0 Å². The van der Waals surface area contributed by atoms with Crippen molar-refractivity contribution in [3.8, 4) is 16.9 Å². The molecule has 12 heteroatoms. The molecule has 0 unspecified atom stereocenters. The van der Waals surface area contributed by atoms with Crippen LogP contribution in [0.3, 0.4) is 0 Å². The molecule has 0 saturated carbocycles. The van der Waals surface area contributed by atoms with Crippen molar-refractivity contribution < 1.29 is 30.8 Å². The van der Waals surface area contributed by atoms with Gasteiger partial charge in [0.05, 0.1) is 17.1 Å². The number of carbonyl (C=O) groups is 1. The van der Waals surface area contributed by atoms with Gasteiger partial charge in [0.2, 0.25) is 0 Å². The number of aromatic nitrogens is 2. The van der Waals surface area contributed by atoms with E-state index in [1.165, 1.54) is 40.8 Å². The summed E-state index contributed by atoms with van der Waals surface area (Å²) in [7, 11) is -5.61. The van der Waals surface area contributed by atoms with Crippen LogP contribution in [0, 0.1) is 12.7 Å². The van der Waals surface area contributed by atoms with Crippen LogP contribution in [-0.4, -0.2) is 51.1 Å². The first kappa shape index (κ1) is 24.9. The Morgan fingerprint density at radius 1 is 1.06 bits per heavy atom. The Hall–Kier alpha value is -3.25. The highest BCUT2D eigenvalue weighted by Gasteiger charge is 2.36. The maximum Gasteiger partial charge on any atom is 0.268 e. The van der Waals surface area contributed by atoms with Gasteiger partial charge in [-0.2, -0.15) is 5.10 Å². The molecule has 0 saturated heterocycles. The number of carbonyl (C=O) groups excluding carboxylic acids is 1. The van der Waals surface area contributed by atoms with Gasteiger partial charge in [0.25, 0.3) is 5.91 Å². The molecule has 1 aliphatic heterocycles. The van der Waals surface area contributed by atoms with E-state index in [0.717, 1.165) is 12.5 Å². The summed E-state index contributed by atoms with van der Waals surface area (Å²) in [6, 6.07) is 8.75. The number of amides is 1. The van der Waals surface area contributed by atoms with Crippen molar-refractivity contribution in [3.63, 3.8) is 0 Å². The van der Waals surface area contributed by atoms with Crippen molar-refractivity contribution in [3.05, 3.63) is 53.5 Å². The average Bonchev–Trinajstić information content (AvgIpc) is 3.05. The van der Waals surface area contributed by atoms with Crippen LogP contribution in [0.5, 0.6) is 5.75 Å². The van der Waals surface area contributed by atoms with Crippen LogP contribution < -0.4 is 9.64 Å². The van der Waals surface area contributed by atoms with E-state index >= 15 is 4.39 Å². The average molecular weight is 522 g/mol. The number of ether oxygens (including phenoxy) is 1. The number of anilines is 1. The molecule has 4 rings (SSSR count). The first-order chi connectivity index (χ1) is 16.2. The van der Waals surface area contributed by atoms with Crippen molar-refractivity contribution in [2.24, 2.45) is 7.05 Å². The van der Waals surface area contributed by atoms with E-state index < -0.39 is 37.5 Å². The number of halogens is 1. The maximum atomic E-state index is 15.2. The summed E-state index contributed by atoms with van der Waals surface area (Å²) < 4.78 is 70.9. The van der Waals surface area contributed by atoms with Gasteiger partial charge in [-0.1, -0.05) is 12.1 Å². The van der Waals surface area contributed by atoms with Crippen LogP contribution in [0.4, 0.5) is 10.1 Å². The van der Waals surface area contributed by atoms with Crippen LogP contribution >= 0.6 is 0 Å². The molecule has 3 aromatic rings. The molecular weight excluding hydrogens is 497 g/mol. The van der Waals surface area contributed by atoms with Gasteiger partial charge in [-0.25, -0.2) is 21.2 Å². The van der Waals surface area contributed by atoms with E-state index in [9.17, 15) is 21.6 Å². The van der Waals surface area contributed by atoms with Crippen LogP contribution in [0.25, 0.3) is 11.1 Å². The SMILES string of the molecule is Cc1c(CN2C(=O)[C@@H](C)Oc3c(F)cc(-c4cccc(S(C)(=O)=O)c4)cc32)c(S(C)(=O)=O)nn1C. The molecule has 1 atom stereocenters. The monoisotopic (exact) mass is 521 g/mol. The summed E-state index contributed by atoms with van der Waals surface area (Å²) in [5.74, 6) is -1.37. The molecule has 186 valence electrons. The first-order valence-corrected chi connectivity index (χ1v) is 14.3. The molecule has 2 aromatic carbocycles. The zero-order valence-electron chi connectivity index (χ0n) is 19.7. The lowest BCUT2D eigenvalue weighted by molar-refractivity contribution is -0.125. The maximum absolute atomic E-state index is 15.2. The molecule has 2 heterocycles. The molecule has 1 amide bonds. The third-order valence-corrected chi connectivity index (χ3v) is 8.05. The zero-order valence-corrected chi connectivity index (χ0v) is 21.4. The van der Waals surface area contributed by atoms with Gasteiger partial charge in [0, 0.05) is 30.8 Å². The molecule has 0 radical (unpaired) electrons. The summed E-state index contributed by atoms with van der Waals surface area (Å²) in [4.78, 5) is 14.5. The number of sulfone groups is 2. The number of nitrogens with zero attached hydrogens (tertiary/aromatic N) is 3. The van der Waals surface area contributed by atoms with E-state index in [0.29, 0.717) is 22.4 Å². The molecule has 1 aliphatic rings. The lowest BCUT2D eigenvalue weighted by atomic mass is 10.0.